The first kappa shape index (κ1) is 14.0. The Hall–Kier alpha value is -1.97. The smallest absolute Gasteiger partial charge is 0.407 e. The van der Waals surface area contributed by atoms with Crippen molar-refractivity contribution in [1.82, 2.24) is 9.88 Å². The second kappa shape index (κ2) is 5.10. The summed E-state index contributed by atoms with van der Waals surface area (Å²) in [6.07, 6.45) is 1.47. The van der Waals surface area contributed by atoms with Crippen molar-refractivity contribution < 1.29 is 9.53 Å². The van der Waals surface area contributed by atoms with Gasteiger partial charge in [-0.1, -0.05) is 18.2 Å². The van der Waals surface area contributed by atoms with Crippen LogP contribution in [0.4, 0.5) is 4.79 Å². The van der Waals surface area contributed by atoms with Gasteiger partial charge in [0.2, 0.25) is 0 Å². The zero-order valence-electron chi connectivity index (χ0n) is 12.8. The van der Waals surface area contributed by atoms with Crippen molar-refractivity contribution in [2.75, 3.05) is 0 Å². The van der Waals surface area contributed by atoms with Gasteiger partial charge in [0.15, 0.2) is 0 Å². The fourth-order valence-electron chi connectivity index (χ4n) is 2.94. The van der Waals surface area contributed by atoms with Gasteiger partial charge in [-0.05, 0) is 44.7 Å². The van der Waals surface area contributed by atoms with Crippen molar-refractivity contribution >= 4 is 17.0 Å². The highest BCUT2D eigenvalue weighted by molar-refractivity contribution is 5.81. The molecule has 0 saturated carbocycles. The summed E-state index contributed by atoms with van der Waals surface area (Å²) in [5.41, 5.74) is 2.11. The summed E-state index contributed by atoms with van der Waals surface area (Å²) in [5.74, 6) is 0. The van der Waals surface area contributed by atoms with Crippen molar-refractivity contribution in [1.29, 1.82) is 0 Å². The topological polar surface area (TPSA) is 43.3 Å². The molecule has 0 bridgehead atoms. The molecule has 21 heavy (non-hydrogen) atoms. The van der Waals surface area contributed by atoms with E-state index in [1.54, 1.807) is 0 Å². The van der Waals surface area contributed by atoms with Crippen LogP contribution in [0.5, 0.6) is 0 Å². The monoisotopic (exact) mass is 286 g/mol. The van der Waals surface area contributed by atoms with Crippen molar-refractivity contribution in [2.24, 2.45) is 0 Å². The summed E-state index contributed by atoms with van der Waals surface area (Å²) in [6, 6.07) is 10.8. The van der Waals surface area contributed by atoms with Crippen LogP contribution in [-0.2, 0) is 17.7 Å². The Balaban J connectivity index is 1.71. The standard InChI is InChI=1S/C17H22N2O2/c1-17(2,3)21-16(20)18-13-8-9-19-14(11-13)10-12-6-4-5-7-15(12)19/h4-7,10,13H,8-9,11H2,1-3H3,(H,18,20). The number of nitrogens with one attached hydrogen (secondary N) is 1. The molecule has 1 aromatic carbocycles. The van der Waals surface area contributed by atoms with E-state index in [9.17, 15) is 4.79 Å². The number of ether oxygens (including phenoxy) is 1. The van der Waals surface area contributed by atoms with Gasteiger partial charge in [-0.2, -0.15) is 0 Å². The van der Waals surface area contributed by atoms with Gasteiger partial charge in [0.25, 0.3) is 0 Å². The predicted octanol–water partition coefficient (Wildman–Crippen LogP) is 3.48. The molecule has 0 fully saturated rings. The first-order valence-electron chi connectivity index (χ1n) is 7.49. The number of fused-ring (bicyclic) bond motifs is 3. The number of rotatable bonds is 1. The molecule has 1 N–H and O–H groups in total. The Morgan fingerprint density at radius 3 is 2.86 bits per heavy atom. The second-order valence-corrected chi connectivity index (χ2v) is 6.68. The SMILES string of the molecule is CC(C)(C)OC(=O)NC1CCn2c(cc3ccccc32)C1. The number of para-hydroxylation sites is 1. The van der Waals surface area contributed by atoms with E-state index in [-0.39, 0.29) is 12.1 Å². The Labute approximate surface area is 125 Å². The van der Waals surface area contributed by atoms with Crippen LogP contribution in [0, 0.1) is 0 Å². The third kappa shape index (κ3) is 3.04. The average molecular weight is 286 g/mol. The van der Waals surface area contributed by atoms with Crippen LogP contribution in [0.1, 0.15) is 32.9 Å². The van der Waals surface area contributed by atoms with Gasteiger partial charge in [-0.25, -0.2) is 4.79 Å². The molecule has 0 saturated heterocycles. The maximum absolute atomic E-state index is 11.9. The molecule has 3 rings (SSSR count). The van der Waals surface area contributed by atoms with E-state index in [1.807, 2.05) is 20.8 Å². The highest BCUT2D eigenvalue weighted by Crippen LogP contribution is 2.25. The predicted molar refractivity (Wildman–Crippen MR) is 83.4 cm³/mol. The molecule has 2 aromatic rings. The molecule has 0 radical (unpaired) electrons. The number of aromatic nitrogens is 1. The summed E-state index contributed by atoms with van der Waals surface area (Å²) in [5, 5.41) is 4.26. The van der Waals surface area contributed by atoms with Crippen LogP contribution < -0.4 is 5.32 Å². The van der Waals surface area contributed by atoms with Crippen LogP contribution >= 0.6 is 0 Å². The second-order valence-electron chi connectivity index (χ2n) is 6.68. The summed E-state index contributed by atoms with van der Waals surface area (Å²) in [6.45, 7) is 6.57. The molecule has 1 aromatic heterocycles. The molecule has 1 unspecified atom stereocenters. The minimum atomic E-state index is -0.451. The van der Waals surface area contributed by atoms with E-state index in [0.717, 1.165) is 19.4 Å². The lowest BCUT2D eigenvalue weighted by Crippen LogP contribution is -2.42. The van der Waals surface area contributed by atoms with Crippen LogP contribution in [0.3, 0.4) is 0 Å². The van der Waals surface area contributed by atoms with Crippen molar-refractivity contribution in [2.45, 2.75) is 51.8 Å². The molecule has 0 spiro atoms. The zero-order chi connectivity index (χ0) is 15.0. The van der Waals surface area contributed by atoms with Crippen LogP contribution in [0.15, 0.2) is 30.3 Å². The third-order valence-corrected chi connectivity index (χ3v) is 3.77. The lowest BCUT2D eigenvalue weighted by atomic mass is 10.0. The number of carbonyl (C=O) groups excluding carboxylic acids is 1. The maximum atomic E-state index is 11.9. The molecular formula is C17H22N2O2. The van der Waals surface area contributed by atoms with Crippen molar-refractivity contribution in [3.63, 3.8) is 0 Å². The molecule has 4 heteroatoms. The first-order valence-corrected chi connectivity index (χ1v) is 7.49. The molecule has 1 aliphatic rings. The van der Waals surface area contributed by atoms with Gasteiger partial charge in [0.05, 0.1) is 0 Å². The number of alkyl carbamates (subject to hydrolysis) is 1. The van der Waals surface area contributed by atoms with E-state index >= 15 is 0 Å². The van der Waals surface area contributed by atoms with Gasteiger partial charge in [-0.15, -0.1) is 0 Å². The maximum Gasteiger partial charge on any atom is 0.407 e. The zero-order valence-corrected chi connectivity index (χ0v) is 12.8. The van der Waals surface area contributed by atoms with E-state index < -0.39 is 5.60 Å². The minimum absolute atomic E-state index is 0.150. The van der Waals surface area contributed by atoms with Crippen molar-refractivity contribution in [3.8, 4) is 0 Å². The molecule has 0 aliphatic carbocycles. The molecule has 1 atom stereocenters. The number of aryl methyl sites for hydroxylation is 1. The number of hydrogen-bond acceptors (Lipinski definition) is 2. The Bertz CT molecular complexity index is 667. The average Bonchev–Trinajstić information content (AvgIpc) is 2.73. The highest BCUT2D eigenvalue weighted by Gasteiger charge is 2.24. The first-order chi connectivity index (χ1) is 9.92. The van der Waals surface area contributed by atoms with Crippen molar-refractivity contribution in [3.05, 3.63) is 36.0 Å². The Morgan fingerprint density at radius 1 is 1.33 bits per heavy atom. The van der Waals surface area contributed by atoms with E-state index in [1.165, 1.54) is 16.6 Å². The van der Waals surface area contributed by atoms with E-state index in [2.05, 4.69) is 40.2 Å². The summed E-state index contributed by atoms with van der Waals surface area (Å²) >= 11 is 0. The minimum Gasteiger partial charge on any atom is -0.444 e. The molecule has 112 valence electrons. The number of benzene rings is 1. The highest BCUT2D eigenvalue weighted by atomic mass is 16.6. The molecule has 1 amide bonds. The van der Waals surface area contributed by atoms with E-state index in [0.29, 0.717) is 0 Å². The largest absolute Gasteiger partial charge is 0.444 e. The Kier molecular flexibility index (Phi) is 3.40. The number of hydrogen-bond donors (Lipinski definition) is 1. The molecule has 1 aliphatic heterocycles. The fraction of sp³-hybridized carbons (Fsp3) is 0.471. The van der Waals surface area contributed by atoms with Crippen LogP contribution in [0.2, 0.25) is 0 Å². The lowest BCUT2D eigenvalue weighted by molar-refractivity contribution is 0.0497. The molecule has 4 nitrogen and oxygen atoms in total. The van der Waals surface area contributed by atoms with Crippen LogP contribution in [0.25, 0.3) is 10.9 Å². The molecule has 2 heterocycles. The van der Waals surface area contributed by atoms with Crippen LogP contribution in [-0.4, -0.2) is 22.3 Å². The summed E-state index contributed by atoms with van der Waals surface area (Å²) in [4.78, 5) is 11.9. The third-order valence-electron chi connectivity index (χ3n) is 3.77. The number of amides is 1. The summed E-state index contributed by atoms with van der Waals surface area (Å²) < 4.78 is 7.68. The quantitative estimate of drug-likeness (QED) is 0.872. The molecular weight excluding hydrogens is 264 g/mol. The number of carbonyl (C=O) groups is 1. The summed E-state index contributed by atoms with van der Waals surface area (Å²) in [7, 11) is 0. The van der Waals surface area contributed by atoms with E-state index in [4.69, 9.17) is 4.74 Å². The van der Waals surface area contributed by atoms with Gasteiger partial charge in [-0.3, -0.25) is 0 Å². The normalized spacial score (nSPS) is 18.3. The van der Waals surface area contributed by atoms with Gasteiger partial charge in [0.1, 0.15) is 5.60 Å². The van der Waals surface area contributed by atoms with Gasteiger partial charge < -0.3 is 14.6 Å². The van der Waals surface area contributed by atoms with Gasteiger partial charge in [0, 0.05) is 30.2 Å². The lowest BCUT2D eigenvalue weighted by Gasteiger charge is -2.27. The fourth-order valence-corrected chi connectivity index (χ4v) is 2.94. The van der Waals surface area contributed by atoms with Gasteiger partial charge >= 0.3 is 6.09 Å². The Morgan fingerprint density at radius 2 is 2.10 bits per heavy atom. The number of nitrogens with zero attached hydrogens (tertiary/aromatic N) is 1.